The molecule has 0 heterocycles. The van der Waals surface area contributed by atoms with Crippen LogP contribution in [0.25, 0.3) is 0 Å². The van der Waals surface area contributed by atoms with Crippen molar-refractivity contribution in [2.75, 3.05) is 6.54 Å². The van der Waals surface area contributed by atoms with Crippen LogP contribution in [0.2, 0.25) is 0 Å². The van der Waals surface area contributed by atoms with Gasteiger partial charge in [0.25, 0.3) is 0 Å². The second-order valence-corrected chi connectivity index (χ2v) is 4.27. The Morgan fingerprint density at radius 3 is 2.86 bits per heavy atom. The van der Waals surface area contributed by atoms with Crippen LogP contribution in [-0.2, 0) is 4.79 Å². The Morgan fingerprint density at radius 2 is 2.36 bits per heavy atom. The maximum absolute atomic E-state index is 10.7. The maximum atomic E-state index is 10.7. The molecule has 0 aliphatic heterocycles. The molecule has 1 aromatic carbocycles. The Balaban J connectivity index is 2.72. The summed E-state index contributed by atoms with van der Waals surface area (Å²) in [6.07, 6.45) is 0. The highest BCUT2D eigenvalue weighted by Gasteiger charge is 2.16. The number of carboxylic acids is 1. The molecule has 0 saturated heterocycles. The van der Waals surface area contributed by atoms with Crippen molar-refractivity contribution in [3.05, 3.63) is 29.8 Å². The van der Waals surface area contributed by atoms with Crippen molar-refractivity contribution in [2.45, 2.75) is 17.1 Å². The third kappa shape index (κ3) is 3.05. The SMILES string of the molecule is Cc1cccc(SC(CN)C(=O)O)c1. The van der Waals surface area contributed by atoms with Gasteiger partial charge < -0.3 is 10.8 Å². The van der Waals surface area contributed by atoms with Crippen molar-refractivity contribution in [2.24, 2.45) is 5.73 Å². The molecule has 1 atom stereocenters. The molecule has 1 aromatic rings. The fourth-order valence-electron chi connectivity index (χ4n) is 1.05. The van der Waals surface area contributed by atoms with Gasteiger partial charge in [-0.05, 0) is 19.1 Å². The second kappa shape index (κ2) is 5.02. The number of aliphatic carboxylic acids is 1. The summed E-state index contributed by atoms with van der Waals surface area (Å²) in [6, 6.07) is 7.73. The molecular weight excluding hydrogens is 198 g/mol. The van der Waals surface area contributed by atoms with Crippen molar-refractivity contribution in [3.63, 3.8) is 0 Å². The number of aryl methyl sites for hydroxylation is 1. The Hall–Kier alpha value is -1.00. The minimum atomic E-state index is -0.862. The number of nitrogens with two attached hydrogens (primary N) is 1. The van der Waals surface area contributed by atoms with Crippen molar-refractivity contribution >= 4 is 17.7 Å². The fraction of sp³-hybridized carbons (Fsp3) is 0.300. The molecule has 0 fully saturated rings. The van der Waals surface area contributed by atoms with Gasteiger partial charge in [0.15, 0.2) is 0 Å². The van der Waals surface area contributed by atoms with Gasteiger partial charge in [0.1, 0.15) is 5.25 Å². The van der Waals surface area contributed by atoms with Gasteiger partial charge >= 0.3 is 5.97 Å². The van der Waals surface area contributed by atoms with E-state index in [1.165, 1.54) is 11.8 Å². The number of thioether (sulfide) groups is 1. The molecule has 0 bridgehead atoms. The predicted octanol–water partition coefficient (Wildman–Crippen LogP) is 1.50. The molecule has 0 aromatic heterocycles. The van der Waals surface area contributed by atoms with Crippen LogP contribution in [0, 0.1) is 6.92 Å². The Labute approximate surface area is 87.3 Å². The summed E-state index contributed by atoms with van der Waals surface area (Å²) in [5.41, 5.74) is 6.48. The topological polar surface area (TPSA) is 63.3 Å². The molecule has 0 aliphatic rings. The number of hydrogen-bond acceptors (Lipinski definition) is 3. The zero-order chi connectivity index (χ0) is 10.6. The van der Waals surface area contributed by atoms with Crippen LogP contribution >= 0.6 is 11.8 Å². The van der Waals surface area contributed by atoms with E-state index in [-0.39, 0.29) is 6.54 Å². The number of carboxylic acid groups (broad SMARTS) is 1. The first-order valence-corrected chi connectivity index (χ1v) is 5.17. The molecule has 14 heavy (non-hydrogen) atoms. The highest BCUT2D eigenvalue weighted by atomic mass is 32.2. The Kier molecular flexibility index (Phi) is 3.98. The van der Waals surface area contributed by atoms with E-state index in [1.54, 1.807) is 0 Å². The molecule has 3 nitrogen and oxygen atoms in total. The average Bonchev–Trinajstić information content (AvgIpc) is 2.14. The molecular formula is C10H13NO2S. The zero-order valence-corrected chi connectivity index (χ0v) is 8.75. The number of carbonyl (C=O) groups is 1. The van der Waals surface area contributed by atoms with E-state index in [9.17, 15) is 4.79 Å². The van der Waals surface area contributed by atoms with Crippen LogP contribution in [0.4, 0.5) is 0 Å². The summed E-state index contributed by atoms with van der Waals surface area (Å²) >= 11 is 1.29. The second-order valence-electron chi connectivity index (χ2n) is 3.00. The summed E-state index contributed by atoms with van der Waals surface area (Å²) in [7, 11) is 0. The minimum Gasteiger partial charge on any atom is -0.480 e. The lowest BCUT2D eigenvalue weighted by atomic mass is 10.2. The van der Waals surface area contributed by atoms with E-state index >= 15 is 0 Å². The molecule has 0 saturated carbocycles. The van der Waals surface area contributed by atoms with Crippen LogP contribution < -0.4 is 5.73 Å². The lowest BCUT2D eigenvalue weighted by Crippen LogP contribution is -2.25. The molecule has 0 spiro atoms. The summed E-state index contributed by atoms with van der Waals surface area (Å²) < 4.78 is 0. The van der Waals surface area contributed by atoms with Gasteiger partial charge in [-0.1, -0.05) is 17.7 Å². The van der Waals surface area contributed by atoms with Gasteiger partial charge in [0.05, 0.1) is 0 Å². The van der Waals surface area contributed by atoms with Gasteiger partial charge in [0, 0.05) is 11.4 Å². The molecule has 4 heteroatoms. The van der Waals surface area contributed by atoms with E-state index in [0.717, 1.165) is 10.5 Å². The molecule has 0 aliphatic carbocycles. The van der Waals surface area contributed by atoms with E-state index in [2.05, 4.69) is 0 Å². The Morgan fingerprint density at radius 1 is 1.64 bits per heavy atom. The maximum Gasteiger partial charge on any atom is 0.318 e. The number of rotatable bonds is 4. The van der Waals surface area contributed by atoms with Gasteiger partial charge in [-0.3, -0.25) is 4.79 Å². The first-order chi connectivity index (χ1) is 6.63. The molecule has 1 unspecified atom stereocenters. The van der Waals surface area contributed by atoms with Crippen LogP contribution in [0.3, 0.4) is 0 Å². The first-order valence-electron chi connectivity index (χ1n) is 4.29. The molecule has 3 N–H and O–H groups in total. The summed E-state index contributed by atoms with van der Waals surface area (Å²) in [4.78, 5) is 11.7. The third-order valence-electron chi connectivity index (χ3n) is 1.76. The fourth-order valence-corrected chi connectivity index (χ4v) is 1.99. The normalized spacial score (nSPS) is 12.4. The van der Waals surface area contributed by atoms with Crippen LogP contribution in [0.1, 0.15) is 5.56 Å². The highest BCUT2D eigenvalue weighted by Crippen LogP contribution is 2.23. The van der Waals surface area contributed by atoms with Gasteiger partial charge in [-0.2, -0.15) is 0 Å². The van der Waals surface area contributed by atoms with Crippen LogP contribution in [0.5, 0.6) is 0 Å². The van der Waals surface area contributed by atoms with Crippen molar-refractivity contribution < 1.29 is 9.90 Å². The van der Waals surface area contributed by atoms with Crippen LogP contribution in [-0.4, -0.2) is 22.9 Å². The Bertz CT molecular complexity index is 328. The van der Waals surface area contributed by atoms with Crippen molar-refractivity contribution in [3.8, 4) is 0 Å². The van der Waals surface area contributed by atoms with Gasteiger partial charge in [0.2, 0.25) is 0 Å². The smallest absolute Gasteiger partial charge is 0.318 e. The lowest BCUT2D eigenvalue weighted by molar-refractivity contribution is -0.136. The summed E-state index contributed by atoms with van der Waals surface area (Å²) in [5.74, 6) is -0.862. The molecule has 0 radical (unpaired) electrons. The van der Waals surface area contributed by atoms with Gasteiger partial charge in [-0.25, -0.2) is 0 Å². The largest absolute Gasteiger partial charge is 0.480 e. The van der Waals surface area contributed by atoms with Crippen molar-refractivity contribution in [1.82, 2.24) is 0 Å². The van der Waals surface area contributed by atoms with Gasteiger partial charge in [-0.15, -0.1) is 11.8 Å². The first kappa shape index (κ1) is 11.1. The van der Waals surface area contributed by atoms with Crippen molar-refractivity contribution in [1.29, 1.82) is 0 Å². The monoisotopic (exact) mass is 211 g/mol. The van der Waals surface area contributed by atoms with E-state index in [4.69, 9.17) is 10.8 Å². The zero-order valence-electron chi connectivity index (χ0n) is 7.93. The highest BCUT2D eigenvalue weighted by molar-refractivity contribution is 8.00. The predicted molar refractivity (Wildman–Crippen MR) is 57.5 cm³/mol. The van der Waals surface area contributed by atoms with Crippen LogP contribution in [0.15, 0.2) is 29.2 Å². The minimum absolute atomic E-state index is 0.147. The average molecular weight is 211 g/mol. The van der Waals surface area contributed by atoms with E-state index in [0.29, 0.717) is 0 Å². The molecule has 1 rings (SSSR count). The lowest BCUT2D eigenvalue weighted by Gasteiger charge is -2.09. The molecule has 0 amide bonds. The third-order valence-corrected chi connectivity index (χ3v) is 2.96. The van der Waals surface area contributed by atoms with E-state index in [1.807, 2.05) is 31.2 Å². The summed E-state index contributed by atoms with van der Waals surface area (Å²) in [5, 5.41) is 8.24. The number of hydrogen-bond donors (Lipinski definition) is 2. The number of benzene rings is 1. The summed E-state index contributed by atoms with van der Waals surface area (Å²) in [6.45, 7) is 2.12. The molecule has 76 valence electrons. The van der Waals surface area contributed by atoms with E-state index < -0.39 is 11.2 Å². The quantitative estimate of drug-likeness (QED) is 0.741. The standard InChI is InChI=1S/C10H13NO2S/c1-7-3-2-4-8(5-7)14-9(6-11)10(12)13/h2-5,9H,6,11H2,1H3,(H,12,13).